The van der Waals surface area contributed by atoms with Crippen molar-refractivity contribution in [2.75, 3.05) is 0 Å². The van der Waals surface area contributed by atoms with Crippen molar-refractivity contribution < 1.29 is 8.81 Å². The topological polar surface area (TPSA) is 52.0 Å². The standard InChI is InChI=1S/C10H8ClFN2O/c11-8-2-1-6(3-9(8)12)10-14-7(4-13)5-15-10/h1-3,5H,4,13H2. The molecule has 78 valence electrons. The lowest BCUT2D eigenvalue weighted by Gasteiger charge is -1.97. The molecule has 0 radical (unpaired) electrons. The molecule has 0 aliphatic rings. The summed E-state index contributed by atoms with van der Waals surface area (Å²) in [5.74, 6) is -0.160. The van der Waals surface area contributed by atoms with Gasteiger partial charge in [-0.25, -0.2) is 9.37 Å². The Labute approximate surface area is 90.7 Å². The normalized spacial score (nSPS) is 10.6. The van der Waals surface area contributed by atoms with Crippen LogP contribution in [0, 0.1) is 5.82 Å². The van der Waals surface area contributed by atoms with Crippen LogP contribution in [0.25, 0.3) is 11.5 Å². The molecule has 0 atom stereocenters. The van der Waals surface area contributed by atoms with Gasteiger partial charge < -0.3 is 10.2 Å². The van der Waals surface area contributed by atoms with Crippen LogP contribution >= 0.6 is 11.6 Å². The second-order valence-electron chi connectivity index (χ2n) is 2.98. The van der Waals surface area contributed by atoms with Crippen LogP contribution in [0.15, 0.2) is 28.9 Å². The molecule has 5 heteroatoms. The summed E-state index contributed by atoms with van der Waals surface area (Å²) in [7, 11) is 0. The molecule has 0 spiro atoms. The Bertz CT molecular complexity index is 484. The molecule has 0 aliphatic heterocycles. The van der Waals surface area contributed by atoms with Crippen LogP contribution in [0.3, 0.4) is 0 Å². The van der Waals surface area contributed by atoms with Gasteiger partial charge in [0.15, 0.2) is 0 Å². The van der Waals surface area contributed by atoms with E-state index in [4.69, 9.17) is 21.8 Å². The molecule has 0 aliphatic carbocycles. The summed E-state index contributed by atoms with van der Waals surface area (Å²) in [6, 6.07) is 4.37. The van der Waals surface area contributed by atoms with E-state index >= 15 is 0 Å². The van der Waals surface area contributed by atoms with Gasteiger partial charge in [-0.1, -0.05) is 11.6 Å². The van der Waals surface area contributed by atoms with Crippen molar-refractivity contribution in [3.8, 4) is 11.5 Å². The van der Waals surface area contributed by atoms with Crippen molar-refractivity contribution in [3.63, 3.8) is 0 Å². The fourth-order valence-corrected chi connectivity index (χ4v) is 1.28. The Hall–Kier alpha value is -1.39. The molecule has 0 bridgehead atoms. The molecule has 2 aromatic rings. The number of halogens is 2. The Morgan fingerprint density at radius 3 is 2.87 bits per heavy atom. The number of aromatic nitrogens is 1. The van der Waals surface area contributed by atoms with E-state index in [1.165, 1.54) is 18.4 Å². The molecule has 1 aromatic carbocycles. The summed E-state index contributed by atoms with van der Waals surface area (Å²) in [5, 5.41) is 0.0735. The molecular weight excluding hydrogens is 219 g/mol. The zero-order valence-corrected chi connectivity index (χ0v) is 8.46. The molecular formula is C10H8ClFN2O. The molecule has 2 rings (SSSR count). The fraction of sp³-hybridized carbons (Fsp3) is 0.100. The Kier molecular flexibility index (Phi) is 2.70. The van der Waals surface area contributed by atoms with Gasteiger partial charge in [0.25, 0.3) is 0 Å². The van der Waals surface area contributed by atoms with E-state index in [2.05, 4.69) is 4.98 Å². The highest BCUT2D eigenvalue weighted by Gasteiger charge is 2.08. The average Bonchev–Trinajstić information content (AvgIpc) is 2.70. The summed E-state index contributed by atoms with van der Waals surface area (Å²) in [5.41, 5.74) is 6.54. The van der Waals surface area contributed by atoms with Crippen molar-refractivity contribution in [1.82, 2.24) is 4.98 Å². The first-order valence-electron chi connectivity index (χ1n) is 4.30. The molecule has 2 N–H and O–H groups in total. The predicted molar refractivity (Wildman–Crippen MR) is 54.8 cm³/mol. The Morgan fingerprint density at radius 2 is 2.27 bits per heavy atom. The molecule has 0 unspecified atom stereocenters. The van der Waals surface area contributed by atoms with Crippen molar-refractivity contribution in [1.29, 1.82) is 0 Å². The van der Waals surface area contributed by atoms with E-state index in [9.17, 15) is 4.39 Å². The summed E-state index contributed by atoms with van der Waals surface area (Å²) in [4.78, 5) is 4.07. The molecule has 0 fully saturated rings. The van der Waals surface area contributed by atoms with Gasteiger partial charge in [-0.2, -0.15) is 0 Å². The third-order valence-corrected chi connectivity index (χ3v) is 2.23. The number of hydrogen-bond donors (Lipinski definition) is 1. The number of oxazole rings is 1. The highest BCUT2D eigenvalue weighted by atomic mass is 35.5. The molecule has 0 amide bonds. The lowest BCUT2D eigenvalue weighted by Crippen LogP contribution is -1.95. The van der Waals surface area contributed by atoms with E-state index in [0.29, 0.717) is 23.7 Å². The highest BCUT2D eigenvalue weighted by Crippen LogP contribution is 2.23. The second kappa shape index (κ2) is 4.00. The third-order valence-electron chi connectivity index (χ3n) is 1.93. The monoisotopic (exact) mass is 226 g/mol. The number of hydrogen-bond acceptors (Lipinski definition) is 3. The van der Waals surface area contributed by atoms with Crippen LogP contribution in [0.1, 0.15) is 5.69 Å². The van der Waals surface area contributed by atoms with Crippen molar-refractivity contribution in [2.45, 2.75) is 6.54 Å². The molecule has 15 heavy (non-hydrogen) atoms. The number of nitrogens with two attached hydrogens (primary N) is 1. The minimum Gasteiger partial charge on any atom is -0.444 e. The molecule has 1 aromatic heterocycles. The van der Waals surface area contributed by atoms with Crippen LogP contribution in [0.2, 0.25) is 5.02 Å². The number of benzene rings is 1. The smallest absolute Gasteiger partial charge is 0.226 e. The fourth-order valence-electron chi connectivity index (χ4n) is 1.16. The largest absolute Gasteiger partial charge is 0.444 e. The maximum atomic E-state index is 13.1. The van der Waals surface area contributed by atoms with Crippen molar-refractivity contribution in [3.05, 3.63) is 41.0 Å². The molecule has 0 saturated carbocycles. The van der Waals surface area contributed by atoms with E-state index in [1.807, 2.05) is 0 Å². The van der Waals surface area contributed by atoms with Gasteiger partial charge in [-0.15, -0.1) is 0 Å². The van der Waals surface area contributed by atoms with Crippen LogP contribution in [-0.2, 0) is 6.54 Å². The van der Waals surface area contributed by atoms with E-state index in [1.54, 1.807) is 6.07 Å². The van der Waals surface area contributed by atoms with Crippen LogP contribution < -0.4 is 5.73 Å². The zero-order chi connectivity index (χ0) is 10.8. The van der Waals surface area contributed by atoms with Gasteiger partial charge in [-0.05, 0) is 18.2 Å². The number of rotatable bonds is 2. The first-order valence-corrected chi connectivity index (χ1v) is 4.68. The molecule has 1 heterocycles. The zero-order valence-electron chi connectivity index (χ0n) is 7.71. The SMILES string of the molecule is NCc1coc(-c2ccc(Cl)c(F)c2)n1. The first kappa shape index (κ1) is 10.1. The van der Waals surface area contributed by atoms with Gasteiger partial charge in [0.05, 0.1) is 10.7 Å². The summed E-state index contributed by atoms with van der Waals surface area (Å²) in [6.45, 7) is 0.291. The van der Waals surface area contributed by atoms with Crippen LogP contribution in [0.5, 0.6) is 0 Å². The summed E-state index contributed by atoms with van der Waals surface area (Å²) < 4.78 is 18.3. The Balaban J connectivity index is 2.40. The van der Waals surface area contributed by atoms with E-state index < -0.39 is 5.82 Å². The van der Waals surface area contributed by atoms with Gasteiger partial charge in [-0.3, -0.25) is 0 Å². The lowest BCUT2D eigenvalue weighted by atomic mass is 10.2. The third kappa shape index (κ3) is 2.00. The molecule has 3 nitrogen and oxygen atoms in total. The van der Waals surface area contributed by atoms with Gasteiger partial charge >= 0.3 is 0 Å². The minimum atomic E-state index is -0.498. The van der Waals surface area contributed by atoms with Crippen molar-refractivity contribution >= 4 is 11.6 Å². The average molecular weight is 227 g/mol. The van der Waals surface area contributed by atoms with E-state index in [-0.39, 0.29) is 5.02 Å². The predicted octanol–water partition coefficient (Wildman–Crippen LogP) is 2.59. The minimum absolute atomic E-state index is 0.0735. The molecule has 0 saturated heterocycles. The quantitative estimate of drug-likeness (QED) is 0.856. The maximum Gasteiger partial charge on any atom is 0.226 e. The Morgan fingerprint density at radius 1 is 1.47 bits per heavy atom. The van der Waals surface area contributed by atoms with Gasteiger partial charge in [0.1, 0.15) is 12.1 Å². The van der Waals surface area contributed by atoms with Gasteiger partial charge in [0.2, 0.25) is 5.89 Å². The lowest BCUT2D eigenvalue weighted by molar-refractivity contribution is 0.570. The number of nitrogens with zero attached hydrogens (tertiary/aromatic N) is 1. The summed E-state index contributed by atoms with van der Waals surface area (Å²) in [6.07, 6.45) is 1.45. The highest BCUT2D eigenvalue weighted by molar-refractivity contribution is 6.30. The van der Waals surface area contributed by atoms with Gasteiger partial charge in [0, 0.05) is 12.1 Å². The van der Waals surface area contributed by atoms with Crippen LogP contribution in [-0.4, -0.2) is 4.98 Å². The van der Waals surface area contributed by atoms with E-state index in [0.717, 1.165) is 0 Å². The van der Waals surface area contributed by atoms with Crippen molar-refractivity contribution in [2.24, 2.45) is 5.73 Å². The van der Waals surface area contributed by atoms with Crippen LogP contribution in [0.4, 0.5) is 4.39 Å². The summed E-state index contributed by atoms with van der Waals surface area (Å²) >= 11 is 5.55. The first-order chi connectivity index (χ1) is 7.20. The maximum absolute atomic E-state index is 13.1. The second-order valence-corrected chi connectivity index (χ2v) is 3.38.